The van der Waals surface area contributed by atoms with Crippen LogP contribution in [-0.2, 0) is 4.79 Å². The summed E-state index contributed by atoms with van der Waals surface area (Å²) in [5, 5.41) is 14.6. The number of aryl methyl sites for hydroxylation is 1. The first-order valence-corrected chi connectivity index (χ1v) is 7.52. The quantitative estimate of drug-likeness (QED) is 0.635. The highest BCUT2D eigenvalue weighted by atomic mass is 79.9. The zero-order valence-electron chi connectivity index (χ0n) is 12.6. The van der Waals surface area contributed by atoms with Crippen LogP contribution in [0.1, 0.15) is 11.1 Å². The molecule has 0 fully saturated rings. The molecule has 2 rings (SSSR count). The molecule has 1 amide bonds. The van der Waals surface area contributed by atoms with Crippen LogP contribution in [0.15, 0.2) is 46.8 Å². The lowest BCUT2D eigenvalue weighted by Crippen LogP contribution is -2.15. The zero-order valence-corrected chi connectivity index (χ0v) is 14.2. The number of carbonyl (C=O) groups excluding carboxylic acids is 1. The summed E-state index contributed by atoms with van der Waals surface area (Å²) in [5.74, 6) is -0.203. The zero-order chi connectivity index (χ0) is 16.8. The molecule has 0 aliphatic carbocycles. The average molecular weight is 372 g/mol. The van der Waals surface area contributed by atoms with Gasteiger partial charge in [-0.1, -0.05) is 12.1 Å². The van der Waals surface area contributed by atoms with Gasteiger partial charge in [-0.25, -0.2) is 9.97 Å². The summed E-state index contributed by atoms with van der Waals surface area (Å²) >= 11 is 3.23. The molecule has 0 aliphatic rings. The molecule has 0 saturated heterocycles. The van der Waals surface area contributed by atoms with Gasteiger partial charge in [0.25, 0.3) is 5.91 Å². The molecule has 0 unspecified atom stereocenters. The monoisotopic (exact) mass is 371 g/mol. The fourth-order valence-electron chi connectivity index (χ4n) is 1.75. The van der Waals surface area contributed by atoms with E-state index < -0.39 is 5.91 Å². The Hall–Kier alpha value is -2.72. The Morgan fingerprint density at radius 3 is 2.65 bits per heavy atom. The third kappa shape index (κ3) is 4.37. The second-order valence-electron chi connectivity index (χ2n) is 4.74. The van der Waals surface area contributed by atoms with Crippen molar-refractivity contribution >= 4 is 33.5 Å². The largest absolute Gasteiger partial charge is 0.329 e. The number of benzene rings is 1. The minimum Gasteiger partial charge on any atom is -0.329 e. The highest BCUT2D eigenvalue weighted by Crippen LogP contribution is 2.18. The van der Waals surface area contributed by atoms with Crippen molar-refractivity contribution in [2.24, 2.45) is 0 Å². The van der Waals surface area contributed by atoms with Gasteiger partial charge in [-0.2, -0.15) is 5.26 Å². The highest BCUT2D eigenvalue weighted by molar-refractivity contribution is 9.10. The summed E-state index contributed by atoms with van der Waals surface area (Å²) in [6.45, 7) is 3.87. The van der Waals surface area contributed by atoms with Crippen LogP contribution in [0.3, 0.4) is 0 Å². The number of hydrogen-bond donors (Lipinski definition) is 2. The lowest BCUT2D eigenvalue weighted by atomic mass is 10.1. The Labute approximate surface area is 142 Å². The number of nitriles is 1. The van der Waals surface area contributed by atoms with E-state index in [-0.39, 0.29) is 5.57 Å². The van der Waals surface area contributed by atoms with E-state index in [0.717, 1.165) is 15.6 Å². The van der Waals surface area contributed by atoms with Crippen LogP contribution in [0.2, 0.25) is 0 Å². The highest BCUT2D eigenvalue weighted by Gasteiger charge is 2.11. The number of hydrogen-bond acceptors (Lipinski definition) is 5. The molecule has 0 bridgehead atoms. The van der Waals surface area contributed by atoms with Crippen molar-refractivity contribution in [3.8, 4) is 6.07 Å². The van der Waals surface area contributed by atoms with Crippen LogP contribution < -0.4 is 10.6 Å². The number of carbonyl (C=O) groups is 1. The molecule has 1 aromatic heterocycles. The summed E-state index contributed by atoms with van der Waals surface area (Å²) in [4.78, 5) is 20.2. The smallest absolute Gasteiger partial charge is 0.267 e. The van der Waals surface area contributed by atoms with Crippen LogP contribution in [0.5, 0.6) is 0 Å². The summed E-state index contributed by atoms with van der Waals surface area (Å²) in [6, 6.07) is 7.46. The van der Waals surface area contributed by atoms with Crippen molar-refractivity contribution in [3.63, 3.8) is 0 Å². The van der Waals surface area contributed by atoms with E-state index in [1.165, 1.54) is 6.20 Å². The van der Waals surface area contributed by atoms with Gasteiger partial charge in [-0.3, -0.25) is 4.79 Å². The Kier molecular flexibility index (Phi) is 5.44. The van der Waals surface area contributed by atoms with Crippen LogP contribution in [0.4, 0.5) is 11.6 Å². The predicted octanol–water partition coefficient (Wildman–Crippen LogP) is 3.31. The molecular weight excluding hydrogens is 358 g/mol. The second-order valence-corrected chi connectivity index (χ2v) is 5.66. The maximum atomic E-state index is 12.2. The molecule has 0 atom stereocenters. The van der Waals surface area contributed by atoms with Gasteiger partial charge >= 0.3 is 0 Å². The Morgan fingerprint density at radius 2 is 2.00 bits per heavy atom. The van der Waals surface area contributed by atoms with Crippen LogP contribution in [-0.4, -0.2) is 15.9 Å². The van der Waals surface area contributed by atoms with Crippen molar-refractivity contribution in [1.82, 2.24) is 9.97 Å². The molecule has 23 heavy (non-hydrogen) atoms. The van der Waals surface area contributed by atoms with Gasteiger partial charge in [0.1, 0.15) is 11.6 Å². The van der Waals surface area contributed by atoms with Crippen molar-refractivity contribution < 1.29 is 4.79 Å². The van der Waals surface area contributed by atoms with E-state index >= 15 is 0 Å². The number of nitrogens with one attached hydrogen (secondary N) is 2. The lowest BCUT2D eigenvalue weighted by molar-refractivity contribution is -0.112. The lowest BCUT2D eigenvalue weighted by Gasteiger charge is -2.09. The van der Waals surface area contributed by atoms with Gasteiger partial charge in [0.05, 0.1) is 4.47 Å². The Morgan fingerprint density at radius 1 is 1.30 bits per heavy atom. The van der Waals surface area contributed by atoms with Crippen molar-refractivity contribution in [3.05, 3.63) is 58.0 Å². The molecule has 2 N–H and O–H groups in total. The summed E-state index contributed by atoms with van der Waals surface area (Å²) < 4.78 is 0.736. The predicted molar refractivity (Wildman–Crippen MR) is 91.6 cm³/mol. The minimum absolute atomic E-state index is 0.0718. The molecule has 0 radical (unpaired) electrons. The number of rotatable bonds is 4. The molecule has 0 spiro atoms. The van der Waals surface area contributed by atoms with E-state index in [0.29, 0.717) is 11.6 Å². The van der Waals surface area contributed by atoms with Crippen molar-refractivity contribution in [2.45, 2.75) is 13.8 Å². The minimum atomic E-state index is -0.495. The van der Waals surface area contributed by atoms with Crippen LogP contribution >= 0.6 is 15.9 Å². The van der Waals surface area contributed by atoms with E-state index in [2.05, 4.69) is 36.5 Å². The fourth-order valence-corrected chi connectivity index (χ4v) is 1.95. The second kappa shape index (κ2) is 7.51. The Balaban J connectivity index is 2.12. The van der Waals surface area contributed by atoms with E-state index in [9.17, 15) is 4.79 Å². The summed E-state index contributed by atoms with van der Waals surface area (Å²) in [6.07, 6.45) is 4.40. The molecule has 116 valence electrons. The van der Waals surface area contributed by atoms with E-state index in [4.69, 9.17) is 5.26 Å². The number of nitrogens with zero attached hydrogens (tertiary/aromatic N) is 3. The van der Waals surface area contributed by atoms with Crippen LogP contribution in [0.25, 0.3) is 0 Å². The molecule has 1 heterocycles. The number of anilines is 2. The van der Waals surface area contributed by atoms with Gasteiger partial charge in [-0.15, -0.1) is 0 Å². The number of aromatic nitrogens is 2. The standard InChI is InChI=1S/C16H14BrN5O/c1-10-4-3-5-14(11(10)2)22-15(23)12(6-18)7-19-16-20-8-13(17)9-21-16/h3-5,7-9H,1-2H3,(H,22,23)(H,19,20,21)/b12-7-. The molecular formula is C16H14BrN5O. The normalized spacial score (nSPS) is 10.8. The third-order valence-electron chi connectivity index (χ3n) is 3.18. The SMILES string of the molecule is Cc1cccc(NC(=O)/C(C#N)=C\Nc2ncc(Br)cn2)c1C. The maximum Gasteiger partial charge on any atom is 0.267 e. The van der Waals surface area contributed by atoms with Gasteiger partial charge in [-0.05, 0) is 47.0 Å². The van der Waals surface area contributed by atoms with Gasteiger partial charge in [0.2, 0.25) is 5.95 Å². The molecule has 0 aliphatic heterocycles. The molecule has 2 aromatic rings. The first kappa shape index (κ1) is 16.6. The molecule has 7 heteroatoms. The third-order valence-corrected chi connectivity index (χ3v) is 3.59. The first-order chi connectivity index (χ1) is 11.0. The number of amides is 1. The topological polar surface area (TPSA) is 90.7 Å². The molecule has 1 aromatic carbocycles. The van der Waals surface area contributed by atoms with Crippen LogP contribution in [0, 0.1) is 25.2 Å². The molecule has 0 saturated carbocycles. The van der Waals surface area contributed by atoms with Gasteiger partial charge < -0.3 is 10.6 Å². The Bertz CT molecular complexity index is 793. The van der Waals surface area contributed by atoms with Crippen molar-refractivity contribution in [1.29, 1.82) is 5.26 Å². The van der Waals surface area contributed by atoms with Gasteiger partial charge in [0, 0.05) is 24.3 Å². The first-order valence-electron chi connectivity index (χ1n) is 6.73. The average Bonchev–Trinajstić information content (AvgIpc) is 2.54. The van der Waals surface area contributed by atoms with E-state index in [1.54, 1.807) is 18.5 Å². The van der Waals surface area contributed by atoms with Crippen molar-refractivity contribution in [2.75, 3.05) is 10.6 Å². The fraction of sp³-hybridized carbons (Fsp3) is 0.125. The summed E-state index contributed by atoms with van der Waals surface area (Å²) in [5.41, 5.74) is 2.63. The summed E-state index contributed by atoms with van der Waals surface area (Å²) in [7, 11) is 0. The van der Waals surface area contributed by atoms with E-state index in [1.807, 2.05) is 32.0 Å². The maximum absolute atomic E-state index is 12.2. The molecule has 6 nitrogen and oxygen atoms in total. The number of halogens is 1. The van der Waals surface area contributed by atoms with Gasteiger partial charge in [0.15, 0.2) is 0 Å².